The van der Waals surface area contributed by atoms with Crippen LogP contribution < -0.4 is 10.6 Å². The Morgan fingerprint density at radius 2 is 2.04 bits per heavy atom. The molecule has 0 aliphatic carbocycles. The van der Waals surface area contributed by atoms with E-state index in [1.165, 1.54) is 18.7 Å². The van der Waals surface area contributed by atoms with Gasteiger partial charge in [-0.3, -0.25) is 9.59 Å². The van der Waals surface area contributed by atoms with Crippen molar-refractivity contribution in [2.24, 2.45) is 0 Å². The number of hydrogen-bond acceptors (Lipinski definition) is 7. The first kappa shape index (κ1) is 16.9. The summed E-state index contributed by atoms with van der Waals surface area (Å²) in [5.41, 5.74) is 0. The molecule has 0 fully saturated rings. The lowest BCUT2D eigenvalue weighted by Gasteiger charge is -2.03. The maximum atomic E-state index is 11.7. The van der Waals surface area contributed by atoms with E-state index < -0.39 is 0 Å². The van der Waals surface area contributed by atoms with Crippen LogP contribution in [0.25, 0.3) is 0 Å². The lowest BCUT2D eigenvalue weighted by molar-refractivity contribution is -0.116. The van der Waals surface area contributed by atoms with Crippen molar-refractivity contribution in [2.45, 2.75) is 31.7 Å². The van der Waals surface area contributed by atoms with Crippen molar-refractivity contribution in [2.75, 3.05) is 16.4 Å². The molecule has 0 saturated heterocycles. The maximum absolute atomic E-state index is 11.7. The van der Waals surface area contributed by atoms with Crippen molar-refractivity contribution in [3.63, 3.8) is 0 Å². The van der Waals surface area contributed by atoms with Gasteiger partial charge in [-0.2, -0.15) is 0 Å². The van der Waals surface area contributed by atoms with Gasteiger partial charge in [-0.1, -0.05) is 5.16 Å². The predicted octanol–water partition coefficient (Wildman–Crippen LogP) is 2.24. The van der Waals surface area contributed by atoms with Crippen molar-refractivity contribution in [3.8, 4) is 0 Å². The summed E-state index contributed by atoms with van der Waals surface area (Å²) in [7, 11) is 0. The summed E-state index contributed by atoms with van der Waals surface area (Å²) in [5, 5.41) is 17.5. The molecule has 23 heavy (non-hydrogen) atoms. The molecule has 0 aliphatic heterocycles. The third-order valence-electron chi connectivity index (χ3n) is 2.64. The molecule has 2 aromatic heterocycles. The van der Waals surface area contributed by atoms with E-state index in [-0.39, 0.29) is 11.8 Å². The molecule has 0 aliphatic rings. The lowest BCUT2D eigenvalue weighted by atomic mass is 10.3. The van der Waals surface area contributed by atoms with Gasteiger partial charge in [-0.15, -0.1) is 22.0 Å². The molecular weight excluding hydrogens is 318 g/mol. The number of nitrogens with one attached hydrogen (secondary N) is 2. The molecule has 0 spiro atoms. The number of rotatable bonds is 7. The second kappa shape index (κ2) is 8.28. The van der Waals surface area contributed by atoms with Crippen molar-refractivity contribution in [3.05, 3.63) is 24.0 Å². The Morgan fingerprint density at radius 3 is 2.65 bits per heavy atom. The minimum Gasteiger partial charge on any atom is -0.360 e. The highest BCUT2D eigenvalue weighted by Crippen LogP contribution is 2.17. The zero-order valence-electron chi connectivity index (χ0n) is 12.8. The van der Waals surface area contributed by atoms with Crippen molar-refractivity contribution >= 4 is 35.2 Å². The van der Waals surface area contributed by atoms with Gasteiger partial charge in [0.15, 0.2) is 11.6 Å². The van der Waals surface area contributed by atoms with Gasteiger partial charge in [0, 0.05) is 25.2 Å². The fourth-order valence-electron chi connectivity index (χ4n) is 1.68. The Morgan fingerprint density at radius 1 is 1.22 bits per heavy atom. The van der Waals surface area contributed by atoms with Crippen molar-refractivity contribution in [1.82, 2.24) is 15.4 Å². The third-order valence-corrected chi connectivity index (χ3v) is 3.64. The van der Waals surface area contributed by atoms with Gasteiger partial charge in [-0.25, -0.2) is 0 Å². The standard InChI is InChI=1S/C14H17N5O3S/c1-9-8-12(19-22-9)16-13(21)4-3-7-23-14-6-5-11(17-18-14)15-10(2)20/h5-6,8H,3-4,7H2,1-2H3,(H,15,17,20)(H,16,19,21). The Kier molecular flexibility index (Phi) is 6.10. The largest absolute Gasteiger partial charge is 0.360 e. The van der Waals surface area contributed by atoms with Crippen LogP contribution in [-0.2, 0) is 9.59 Å². The first-order chi connectivity index (χ1) is 11.0. The first-order valence-electron chi connectivity index (χ1n) is 7.00. The number of anilines is 2. The molecular formula is C14H17N5O3S. The number of hydrogen-bond donors (Lipinski definition) is 2. The summed E-state index contributed by atoms with van der Waals surface area (Å²) in [6, 6.07) is 5.14. The van der Waals surface area contributed by atoms with E-state index in [0.717, 1.165) is 10.8 Å². The lowest BCUT2D eigenvalue weighted by Crippen LogP contribution is -2.11. The van der Waals surface area contributed by atoms with Crippen LogP contribution in [0.5, 0.6) is 0 Å². The normalized spacial score (nSPS) is 10.3. The maximum Gasteiger partial charge on any atom is 0.225 e. The molecule has 9 heteroatoms. The molecule has 0 aromatic carbocycles. The molecule has 0 radical (unpaired) electrons. The van der Waals surface area contributed by atoms with Crippen LogP contribution in [0.15, 0.2) is 27.7 Å². The zero-order chi connectivity index (χ0) is 16.7. The van der Waals surface area contributed by atoms with Gasteiger partial charge >= 0.3 is 0 Å². The molecule has 0 atom stereocenters. The molecule has 122 valence electrons. The van der Waals surface area contributed by atoms with E-state index in [4.69, 9.17) is 4.52 Å². The number of carbonyl (C=O) groups excluding carboxylic acids is 2. The molecule has 2 N–H and O–H groups in total. The van der Waals surface area contributed by atoms with E-state index >= 15 is 0 Å². The number of nitrogens with zero attached hydrogens (tertiary/aromatic N) is 3. The number of amides is 2. The average molecular weight is 335 g/mol. The Hall–Kier alpha value is -2.42. The number of aryl methyl sites for hydroxylation is 1. The van der Waals surface area contributed by atoms with Crippen LogP contribution in [0.1, 0.15) is 25.5 Å². The topological polar surface area (TPSA) is 110 Å². The van der Waals surface area contributed by atoms with E-state index in [0.29, 0.717) is 30.2 Å². The average Bonchev–Trinajstić information content (AvgIpc) is 2.90. The summed E-state index contributed by atoms with van der Waals surface area (Å²) >= 11 is 1.50. The minimum absolute atomic E-state index is 0.106. The van der Waals surface area contributed by atoms with Crippen LogP contribution in [0.3, 0.4) is 0 Å². The molecule has 0 saturated carbocycles. The van der Waals surface area contributed by atoms with E-state index in [1.807, 2.05) is 0 Å². The van der Waals surface area contributed by atoms with Crippen LogP contribution >= 0.6 is 11.8 Å². The van der Waals surface area contributed by atoms with E-state index in [2.05, 4.69) is 26.0 Å². The quantitative estimate of drug-likeness (QED) is 0.589. The predicted molar refractivity (Wildman–Crippen MR) is 86.2 cm³/mol. The number of thioether (sulfide) groups is 1. The van der Waals surface area contributed by atoms with Crippen molar-refractivity contribution in [1.29, 1.82) is 0 Å². The summed E-state index contributed by atoms with van der Waals surface area (Å²) < 4.78 is 4.87. The molecule has 2 rings (SSSR count). The first-order valence-corrected chi connectivity index (χ1v) is 7.99. The zero-order valence-corrected chi connectivity index (χ0v) is 13.6. The summed E-state index contributed by atoms with van der Waals surface area (Å²) in [4.78, 5) is 22.6. The number of carbonyl (C=O) groups is 2. The van der Waals surface area contributed by atoms with Crippen LogP contribution in [0.2, 0.25) is 0 Å². The molecule has 2 amide bonds. The molecule has 0 bridgehead atoms. The monoisotopic (exact) mass is 335 g/mol. The van der Waals surface area contributed by atoms with Crippen LogP contribution in [-0.4, -0.2) is 32.9 Å². The highest BCUT2D eigenvalue weighted by Gasteiger charge is 2.06. The summed E-state index contributed by atoms with van der Waals surface area (Å²) in [5.74, 6) is 1.94. The highest BCUT2D eigenvalue weighted by atomic mass is 32.2. The van der Waals surface area contributed by atoms with Gasteiger partial charge < -0.3 is 15.2 Å². The second-order valence-corrected chi connectivity index (χ2v) is 5.88. The van der Waals surface area contributed by atoms with E-state index in [1.54, 1.807) is 25.1 Å². The fraction of sp³-hybridized carbons (Fsp3) is 0.357. The van der Waals surface area contributed by atoms with Gasteiger partial charge in [0.05, 0.1) is 0 Å². The number of aromatic nitrogens is 3. The highest BCUT2D eigenvalue weighted by molar-refractivity contribution is 7.99. The Balaban J connectivity index is 1.66. The fourth-order valence-corrected chi connectivity index (χ4v) is 2.44. The second-order valence-electron chi connectivity index (χ2n) is 4.76. The van der Waals surface area contributed by atoms with Crippen LogP contribution in [0, 0.1) is 6.92 Å². The van der Waals surface area contributed by atoms with E-state index in [9.17, 15) is 9.59 Å². The van der Waals surface area contributed by atoms with Gasteiger partial charge in [0.2, 0.25) is 11.8 Å². The molecule has 2 heterocycles. The smallest absolute Gasteiger partial charge is 0.225 e. The minimum atomic E-state index is -0.187. The van der Waals surface area contributed by atoms with Gasteiger partial charge in [0.1, 0.15) is 10.8 Å². The SMILES string of the molecule is CC(=O)Nc1ccc(SCCCC(=O)Nc2cc(C)on2)nn1. The molecule has 2 aromatic rings. The van der Waals surface area contributed by atoms with Crippen LogP contribution in [0.4, 0.5) is 11.6 Å². The Bertz CT molecular complexity index is 671. The molecule has 8 nitrogen and oxygen atoms in total. The molecule has 0 unspecified atom stereocenters. The summed E-state index contributed by atoms with van der Waals surface area (Å²) in [6.45, 7) is 3.17. The Labute approximate surface area is 137 Å². The third kappa shape index (κ3) is 6.07. The van der Waals surface area contributed by atoms with Gasteiger partial charge in [0.25, 0.3) is 0 Å². The summed E-state index contributed by atoms with van der Waals surface area (Å²) in [6.07, 6.45) is 1.08. The van der Waals surface area contributed by atoms with Gasteiger partial charge in [-0.05, 0) is 25.5 Å². The van der Waals surface area contributed by atoms with Crippen molar-refractivity contribution < 1.29 is 14.1 Å².